The molecule has 0 radical (unpaired) electrons. The minimum atomic E-state index is -0.517. The molecule has 0 bridgehead atoms. The molecule has 0 saturated heterocycles. The first-order chi connectivity index (χ1) is 10.3. The Hall–Kier alpha value is -2.04. The van der Waals surface area contributed by atoms with Crippen molar-refractivity contribution in [2.24, 2.45) is 0 Å². The van der Waals surface area contributed by atoms with Crippen LogP contribution < -0.4 is 10.1 Å². The minimum absolute atomic E-state index is 0.0398. The zero-order valence-electron chi connectivity index (χ0n) is 13.3. The smallest absolute Gasteiger partial charge is 0.310 e. The summed E-state index contributed by atoms with van der Waals surface area (Å²) in [5.74, 6) is 0.0971. The fourth-order valence-corrected chi connectivity index (χ4v) is 1.96. The third-order valence-corrected chi connectivity index (χ3v) is 3.03. The van der Waals surface area contributed by atoms with Crippen molar-refractivity contribution >= 4 is 11.9 Å². The molecular weight excluding hydrogens is 282 g/mol. The molecule has 0 unspecified atom stereocenters. The van der Waals surface area contributed by atoms with Crippen LogP contribution in [0.5, 0.6) is 5.75 Å². The lowest BCUT2D eigenvalue weighted by molar-refractivity contribution is -0.153. The van der Waals surface area contributed by atoms with Crippen LogP contribution in [0.25, 0.3) is 0 Å². The van der Waals surface area contributed by atoms with E-state index in [1.54, 1.807) is 12.1 Å². The van der Waals surface area contributed by atoms with Gasteiger partial charge in [-0.3, -0.25) is 9.59 Å². The van der Waals surface area contributed by atoms with E-state index in [1.165, 1.54) is 0 Å². The Balaban J connectivity index is 1.91. The second kappa shape index (κ2) is 6.81. The van der Waals surface area contributed by atoms with Gasteiger partial charge in [-0.2, -0.15) is 0 Å². The van der Waals surface area contributed by atoms with Gasteiger partial charge >= 0.3 is 5.97 Å². The summed E-state index contributed by atoms with van der Waals surface area (Å²) in [5, 5.41) is 2.86. The van der Waals surface area contributed by atoms with Crippen LogP contribution in [-0.2, 0) is 20.7 Å². The van der Waals surface area contributed by atoms with Gasteiger partial charge in [0, 0.05) is 11.6 Å². The van der Waals surface area contributed by atoms with E-state index in [0.717, 1.165) is 18.4 Å². The molecular formula is C17H23NO4. The summed E-state index contributed by atoms with van der Waals surface area (Å²) in [6.45, 7) is 5.45. The van der Waals surface area contributed by atoms with Crippen LogP contribution >= 0.6 is 0 Å². The van der Waals surface area contributed by atoms with Gasteiger partial charge in [-0.1, -0.05) is 18.2 Å². The van der Waals surface area contributed by atoms with E-state index in [-0.39, 0.29) is 24.9 Å². The molecule has 5 nitrogen and oxygen atoms in total. The largest absolute Gasteiger partial charge is 0.483 e. The average Bonchev–Trinajstić information content (AvgIpc) is 3.19. The highest BCUT2D eigenvalue weighted by molar-refractivity contribution is 5.78. The van der Waals surface area contributed by atoms with E-state index in [2.05, 4.69) is 5.32 Å². The summed E-state index contributed by atoms with van der Waals surface area (Å²) in [7, 11) is 0. The van der Waals surface area contributed by atoms with Crippen molar-refractivity contribution in [2.75, 3.05) is 6.61 Å². The van der Waals surface area contributed by atoms with Crippen molar-refractivity contribution in [3.05, 3.63) is 29.8 Å². The molecule has 120 valence electrons. The molecule has 1 aliphatic carbocycles. The molecule has 22 heavy (non-hydrogen) atoms. The maximum atomic E-state index is 11.9. The molecule has 5 heteroatoms. The number of hydrogen-bond acceptors (Lipinski definition) is 4. The van der Waals surface area contributed by atoms with Crippen LogP contribution in [0.1, 0.15) is 39.2 Å². The molecule has 1 amide bonds. The van der Waals surface area contributed by atoms with Crippen molar-refractivity contribution in [1.29, 1.82) is 0 Å². The fourth-order valence-electron chi connectivity index (χ4n) is 1.96. The number of hydrogen-bond donors (Lipinski definition) is 1. The second-order valence-electron chi connectivity index (χ2n) is 6.50. The standard InChI is InChI=1S/C17H23NO4/c1-17(2,3)22-16(20)10-12-6-4-5-7-14(12)21-11-15(19)18-13-8-9-13/h4-7,13H,8-11H2,1-3H3,(H,18,19). The number of benzene rings is 1. The number of amides is 1. The van der Waals surface area contributed by atoms with Gasteiger partial charge in [0.25, 0.3) is 5.91 Å². The van der Waals surface area contributed by atoms with Gasteiger partial charge in [0.2, 0.25) is 0 Å². The summed E-state index contributed by atoms with van der Waals surface area (Å²) >= 11 is 0. The zero-order chi connectivity index (χ0) is 16.2. The van der Waals surface area contributed by atoms with Crippen molar-refractivity contribution in [3.63, 3.8) is 0 Å². The summed E-state index contributed by atoms with van der Waals surface area (Å²) in [5.41, 5.74) is 0.202. The highest BCUT2D eigenvalue weighted by Crippen LogP contribution is 2.21. The summed E-state index contributed by atoms with van der Waals surface area (Å²) in [4.78, 5) is 23.6. The summed E-state index contributed by atoms with van der Waals surface area (Å²) < 4.78 is 10.8. The molecule has 1 fully saturated rings. The van der Waals surface area contributed by atoms with E-state index in [0.29, 0.717) is 11.8 Å². The van der Waals surface area contributed by atoms with E-state index in [1.807, 2.05) is 32.9 Å². The number of carbonyl (C=O) groups excluding carboxylic acids is 2. The Morgan fingerprint density at radius 1 is 1.23 bits per heavy atom. The summed E-state index contributed by atoms with van der Waals surface area (Å²) in [6.07, 6.45) is 2.21. The molecule has 1 aliphatic rings. The lowest BCUT2D eigenvalue weighted by Gasteiger charge is -2.20. The normalized spacial score (nSPS) is 14.3. The predicted octanol–water partition coefficient (Wildman–Crippen LogP) is 2.23. The molecule has 1 N–H and O–H groups in total. The zero-order valence-corrected chi connectivity index (χ0v) is 13.3. The number of carbonyl (C=O) groups is 2. The number of esters is 1. The Morgan fingerprint density at radius 3 is 2.55 bits per heavy atom. The first kappa shape index (κ1) is 16.3. The molecule has 0 atom stereocenters. The van der Waals surface area contributed by atoms with Crippen LogP contribution in [0, 0.1) is 0 Å². The SMILES string of the molecule is CC(C)(C)OC(=O)Cc1ccccc1OCC(=O)NC1CC1. The molecule has 0 heterocycles. The van der Waals surface area contributed by atoms with Crippen LogP contribution in [0.4, 0.5) is 0 Å². The predicted molar refractivity (Wildman–Crippen MR) is 82.7 cm³/mol. The Morgan fingerprint density at radius 2 is 1.91 bits per heavy atom. The fraction of sp³-hybridized carbons (Fsp3) is 0.529. The number of nitrogens with one attached hydrogen (secondary N) is 1. The van der Waals surface area contributed by atoms with Gasteiger partial charge in [0.05, 0.1) is 6.42 Å². The minimum Gasteiger partial charge on any atom is -0.483 e. The molecule has 1 aromatic rings. The van der Waals surface area contributed by atoms with Gasteiger partial charge < -0.3 is 14.8 Å². The van der Waals surface area contributed by atoms with Crippen LogP contribution in [0.2, 0.25) is 0 Å². The summed E-state index contributed by atoms with van der Waals surface area (Å²) in [6, 6.07) is 7.51. The Kier molecular flexibility index (Phi) is 5.06. The molecule has 2 rings (SSSR count). The highest BCUT2D eigenvalue weighted by Gasteiger charge is 2.23. The number of rotatable bonds is 6. The monoisotopic (exact) mass is 305 g/mol. The second-order valence-corrected chi connectivity index (χ2v) is 6.50. The van der Waals surface area contributed by atoms with Crippen molar-refractivity contribution in [3.8, 4) is 5.75 Å². The first-order valence-electron chi connectivity index (χ1n) is 7.55. The molecule has 0 aromatic heterocycles. The molecule has 1 aromatic carbocycles. The maximum Gasteiger partial charge on any atom is 0.310 e. The average molecular weight is 305 g/mol. The van der Waals surface area contributed by atoms with Crippen molar-refractivity contribution < 1.29 is 19.1 Å². The third kappa shape index (κ3) is 5.76. The van der Waals surface area contributed by atoms with Crippen LogP contribution in [0.15, 0.2) is 24.3 Å². The Bertz CT molecular complexity index is 544. The highest BCUT2D eigenvalue weighted by atomic mass is 16.6. The lowest BCUT2D eigenvalue weighted by atomic mass is 10.1. The van der Waals surface area contributed by atoms with E-state index in [4.69, 9.17) is 9.47 Å². The lowest BCUT2D eigenvalue weighted by Crippen LogP contribution is -2.30. The van der Waals surface area contributed by atoms with Gasteiger partial charge in [0.15, 0.2) is 6.61 Å². The van der Waals surface area contributed by atoms with E-state index >= 15 is 0 Å². The van der Waals surface area contributed by atoms with Gasteiger partial charge in [-0.15, -0.1) is 0 Å². The van der Waals surface area contributed by atoms with Crippen molar-refractivity contribution in [1.82, 2.24) is 5.32 Å². The van der Waals surface area contributed by atoms with Gasteiger partial charge in [0.1, 0.15) is 11.4 Å². The maximum absolute atomic E-state index is 11.9. The third-order valence-electron chi connectivity index (χ3n) is 3.03. The topological polar surface area (TPSA) is 64.6 Å². The Labute approximate surface area is 131 Å². The van der Waals surface area contributed by atoms with Crippen LogP contribution in [-0.4, -0.2) is 30.1 Å². The molecule has 0 spiro atoms. The van der Waals surface area contributed by atoms with Gasteiger partial charge in [-0.25, -0.2) is 0 Å². The van der Waals surface area contributed by atoms with E-state index < -0.39 is 5.60 Å². The molecule has 1 saturated carbocycles. The van der Waals surface area contributed by atoms with Crippen LogP contribution in [0.3, 0.4) is 0 Å². The van der Waals surface area contributed by atoms with E-state index in [9.17, 15) is 9.59 Å². The quantitative estimate of drug-likeness (QED) is 0.819. The number of ether oxygens (including phenoxy) is 2. The number of para-hydroxylation sites is 1. The molecule has 0 aliphatic heterocycles. The van der Waals surface area contributed by atoms with Crippen molar-refractivity contribution in [2.45, 2.75) is 51.7 Å². The first-order valence-corrected chi connectivity index (χ1v) is 7.55. The van der Waals surface area contributed by atoms with Gasteiger partial charge in [-0.05, 0) is 39.7 Å².